The lowest BCUT2D eigenvalue weighted by Crippen LogP contribution is -2.28. The van der Waals surface area contributed by atoms with Gasteiger partial charge >= 0.3 is 5.69 Å². The summed E-state index contributed by atoms with van der Waals surface area (Å²) in [5.41, 5.74) is 0.568. The van der Waals surface area contributed by atoms with Crippen molar-refractivity contribution in [2.75, 3.05) is 0 Å². The number of aliphatic hydroxyl groups is 1. The molecule has 0 bridgehead atoms. The van der Waals surface area contributed by atoms with Crippen LogP contribution in [0.1, 0.15) is 12.6 Å². The van der Waals surface area contributed by atoms with Crippen molar-refractivity contribution in [1.82, 2.24) is 23.5 Å². The number of imidazole rings is 2. The fraction of sp³-hybridized carbons (Fsp3) is 0.417. The van der Waals surface area contributed by atoms with E-state index in [0.717, 1.165) is 5.69 Å². The first-order valence-electron chi connectivity index (χ1n) is 6.25. The monoisotopic (exact) mass is 277 g/mol. The van der Waals surface area contributed by atoms with Crippen molar-refractivity contribution >= 4 is 16.9 Å². The number of hydrogen-bond acceptors (Lipinski definition) is 4. The van der Waals surface area contributed by atoms with Crippen molar-refractivity contribution in [2.45, 2.75) is 26.5 Å². The second-order valence-corrected chi connectivity index (χ2v) is 5.00. The summed E-state index contributed by atoms with van der Waals surface area (Å²) >= 11 is 0. The molecule has 1 atom stereocenters. The number of nitrogens with zero attached hydrogens (tertiary/aromatic N) is 4. The number of aryl methyl sites for hydroxylation is 2. The molecule has 0 amide bonds. The number of hydrogen-bond donors (Lipinski definition) is 2. The molecule has 0 aliphatic heterocycles. The SMILES string of the molecule is Cc1cn2c3c(=O)[nH]c(=O)n(C)c3nc2n1CC(C)O. The van der Waals surface area contributed by atoms with E-state index in [1.807, 2.05) is 11.5 Å². The van der Waals surface area contributed by atoms with Crippen molar-refractivity contribution in [1.29, 1.82) is 0 Å². The zero-order valence-corrected chi connectivity index (χ0v) is 11.4. The lowest BCUT2D eigenvalue weighted by Gasteiger charge is -2.07. The molecular formula is C12H15N5O3. The molecule has 0 aromatic carbocycles. The molecule has 1 unspecified atom stereocenters. The highest BCUT2D eigenvalue weighted by Gasteiger charge is 2.17. The molecule has 20 heavy (non-hydrogen) atoms. The Morgan fingerprint density at radius 2 is 2.15 bits per heavy atom. The van der Waals surface area contributed by atoms with E-state index in [1.165, 1.54) is 4.57 Å². The minimum Gasteiger partial charge on any atom is -0.392 e. The molecular weight excluding hydrogens is 262 g/mol. The number of H-pyrrole nitrogens is 1. The van der Waals surface area contributed by atoms with Gasteiger partial charge < -0.3 is 9.67 Å². The largest absolute Gasteiger partial charge is 0.392 e. The highest BCUT2D eigenvalue weighted by Crippen LogP contribution is 2.16. The van der Waals surface area contributed by atoms with E-state index < -0.39 is 17.4 Å². The molecule has 0 aliphatic rings. The summed E-state index contributed by atoms with van der Waals surface area (Å²) in [4.78, 5) is 30.2. The molecule has 0 radical (unpaired) electrons. The molecule has 2 N–H and O–H groups in total. The molecule has 3 heterocycles. The molecule has 0 fully saturated rings. The molecule has 0 spiro atoms. The maximum Gasteiger partial charge on any atom is 0.329 e. The maximum atomic E-state index is 12.0. The highest BCUT2D eigenvalue weighted by atomic mass is 16.3. The van der Waals surface area contributed by atoms with Crippen molar-refractivity contribution in [3.63, 3.8) is 0 Å². The summed E-state index contributed by atoms with van der Waals surface area (Å²) in [6, 6.07) is 0. The Morgan fingerprint density at radius 3 is 2.80 bits per heavy atom. The van der Waals surface area contributed by atoms with Crippen LogP contribution >= 0.6 is 0 Å². The summed E-state index contributed by atoms with van der Waals surface area (Å²) < 4.78 is 4.76. The molecule has 8 nitrogen and oxygen atoms in total. The van der Waals surface area contributed by atoms with E-state index in [4.69, 9.17) is 0 Å². The van der Waals surface area contributed by atoms with E-state index in [2.05, 4.69) is 9.97 Å². The third kappa shape index (κ3) is 1.61. The summed E-state index contributed by atoms with van der Waals surface area (Å²) in [6.07, 6.45) is 1.24. The van der Waals surface area contributed by atoms with Crippen LogP contribution in [0.2, 0.25) is 0 Å². The van der Waals surface area contributed by atoms with Crippen LogP contribution in [0.15, 0.2) is 15.8 Å². The number of aliphatic hydroxyl groups excluding tert-OH is 1. The van der Waals surface area contributed by atoms with Gasteiger partial charge in [0.15, 0.2) is 11.2 Å². The first-order chi connectivity index (χ1) is 9.40. The van der Waals surface area contributed by atoms with Crippen LogP contribution in [0.4, 0.5) is 0 Å². The molecule has 3 aromatic heterocycles. The first kappa shape index (κ1) is 12.7. The zero-order chi connectivity index (χ0) is 14.6. The van der Waals surface area contributed by atoms with Gasteiger partial charge in [-0.15, -0.1) is 0 Å². The third-order valence-corrected chi connectivity index (χ3v) is 3.36. The predicted octanol–water partition coefficient (Wildman–Crippen LogP) is -0.635. The van der Waals surface area contributed by atoms with Crippen LogP contribution in [-0.2, 0) is 13.6 Å². The normalized spacial score (nSPS) is 13.4. The smallest absolute Gasteiger partial charge is 0.329 e. The Labute approximate surface area is 112 Å². The number of aromatic amines is 1. The lowest BCUT2D eigenvalue weighted by atomic mass is 10.4. The van der Waals surface area contributed by atoms with Gasteiger partial charge in [-0.1, -0.05) is 0 Å². The lowest BCUT2D eigenvalue weighted by molar-refractivity contribution is 0.174. The average molecular weight is 277 g/mol. The Hall–Kier alpha value is -2.35. The van der Waals surface area contributed by atoms with Gasteiger partial charge in [-0.3, -0.25) is 18.7 Å². The van der Waals surface area contributed by atoms with Crippen LogP contribution in [-0.4, -0.2) is 34.7 Å². The molecule has 3 aromatic rings. The number of aromatic nitrogens is 5. The van der Waals surface area contributed by atoms with E-state index in [0.29, 0.717) is 23.5 Å². The summed E-state index contributed by atoms with van der Waals surface area (Å²) in [5, 5.41) is 9.56. The van der Waals surface area contributed by atoms with Crippen molar-refractivity contribution in [3.05, 3.63) is 32.7 Å². The average Bonchev–Trinajstić information content (AvgIpc) is 2.84. The highest BCUT2D eigenvalue weighted by molar-refractivity contribution is 5.75. The van der Waals surface area contributed by atoms with Crippen molar-refractivity contribution < 1.29 is 5.11 Å². The first-order valence-corrected chi connectivity index (χ1v) is 6.25. The Kier molecular flexibility index (Phi) is 2.58. The molecule has 106 valence electrons. The van der Waals surface area contributed by atoms with Crippen LogP contribution < -0.4 is 11.2 Å². The van der Waals surface area contributed by atoms with Gasteiger partial charge in [-0.05, 0) is 13.8 Å². The molecule has 0 saturated carbocycles. The summed E-state index contributed by atoms with van der Waals surface area (Å²) in [5.74, 6) is 0.533. The van der Waals surface area contributed by atoms with Gasteiger partial charge in [0.1, 0.15) is 0 Å². The van der Waals surface area contributed by atoms with Gasteiger partial charge in [-0.25, -0.2) is 4.79 Å². The minimum absolute atomic E-state index is 0.327. The Balaban J connectivity index is 2.47. The van der Waals surface area contributed by atoms with Gasteiger partial charge in [-0.2, -0.15) is 4.98 Å². The van der Waals surface area contributed by atoms with Gasteiger partial charge in [0.25, 0.3) is 5.56 Å². The van der Waals surface area contributed by atoms with E-state index in [9.17, 15) is 14.7 Å². The molecule has 3 rings (SSSR count). The van der Waals surface area contributed by atoms with Crippen LogP contribution in [0, 0.1) is 6.92 Å². The fourth-order valence-corrected chi connectivity index (χ4v) is 2.41. The summed E-state index contributed by atoms with van der Waals surface area (Å²) in [7, 11) is 1.55. The predicted molar refractivity (Wildman–Crippen MR) is 73.0 cm³/mol. The second-order valence-electron chi connectivity index (χ2n) is 5.00. The number of fused-ring (bicyclic) bond motifs is 3. The third-order valence-electron chi connectivity index (χ3n) is 3.36. The van der Waals surface area contributed by atoms with E-state index in [-0.39, 0.29) is 0 Å². The van der Waals surface area contributed by atoms with Crippen LogP contribution in [0.5, 0.6) is 0 Å². The van der Waals surface area contributed by atoms with E-state index >= 15 is 0 Å². The van der Waals surface area contributed by atoms with Crippen molar-refractivity contribution in [2.24, 2.45) is 7.05 Å². The number of nitrogens with one attached hydrogen (secondary N) is 1. The molecule has 0 aliphatic carbocycles. The standard InChI is InChI=1S/C12H15N5O3/c1-6-4-17-8-9(15(3)12(20)14-10(8)19)13-11(17)16(6)5-7(2)18/h4,7,18H,5H2,1-3H3,(H,14,19,20). The zero-order valence-electron chi connectivity index (χ0n) is 11.4. The Bertz CT molecular complexity index is 924. The van der Waals surface area contributed by atoms with Crippen molar-refractivity contribution in [3.8, 4) is 0 Å². The molecule has 0 saturated heterocycles. The second kappa shape index (κ2) is 4.07. The molecule has 8 heteroatoms. The van der Waals surface area contributed by atoms with E-state index in [1.54, 1.807) is 24.6 Å². The number of rotatable bonds is 2. The quantitative estimate of drug-likeness (QED) is 0.651. The van der Waals surface area contributed by atoms with Gasteiger partial charge in [0.05, 0.1) is 12.6 Å². The van der Waals surface area contributed by atoms with Gasteiger partial charge in [0, 0.05) is 18.9 Å². The topological polar surface area (TPSA) is 97.3 Å². The summed E-state index contributed by atoms with van der Waals surface area (Å²) in [6.45, 7) is 3.93. The maximum absolute atomic E-state index is 12.0. The van der Waals surface area contributed by atoms with Crippen LogP contribution in [0.25, 0.3) is 16.9 Å². The fourth-order valence-electron chi connectivity index (χ4n) is 2.41. The Morgan fingerprint density at radius 1 is 1.45 bits per heavy atom. The van der Waals surface area contributed by atoms with Gasteiger partial charge in [0.2, 0.25) is 5.78 Å². The minimum atomic E-state index is -0.535. The van der Waals surface area contributed by atoms with Crippen LogP contribution in [0.3, 0.4) is 0 Å².